The van der Waals surface area contributed by atoms with Crippen LogP contribution < -0.4 is 0 Å². The lowest BCUT2D eigenvalue weighted by atomic mass is 10.1. The molecule has 0 atom stereocenters. The Kier molecular flexibility index (Phi) is 3.58. The molecule has 0 saturated heterocycles. The molecule has 0 aliphatic heterocycles. The summed E-state index contributed by atoms with van der Waals surface area (Å²) >= 11 is 0. The maximum atomic E-state index is 11.3. The average Bonchev–Trinajstić information content (AvgIpc) is 2.26. The average molecular weight is 202 g/mol. The van der Waals surface area contributed by atoms with Gasteiger partial charge in [0, 0.05) is 17.8 Å². The number of aromatic nitrogens is 1. The van der Waals surface area contributed by atoms with Crippen LogP contribution in [0.2, 0.25) is 0 Å². The van der Waals surface area contributed by atoms with E-state index in [0.29, 0.717) is 5.56 Å². The maximum Gasteiger partial charge on any atom is 0.357 e. The summed E-state index contributed by atoms with van der Waals surface area (Å²) in [7, 11) is 1.30. The third-order valence-electron chi connectivity index (χ3n) is 1.91. The number of nitrogens with zero attached hydrogens (tertiary/aromatic N) is 2. The molecule has 76 valence electrons. The molecule has 0 aromatic carbocycles. The smallest absolute Gasteiger partial charge is 0.357 e. The van der Waals surface area contributed by atoms with Gasteiger partial charge >= 0.3 is 5.97 Å². The molecule has 15 heavy (non-hydrogen) atoms. The summed E-state index contributed by atoms with van der Waals surface area (Å²) in [6.45, 7) is 1.84. The second-order valence-corrected chi connectivity index (χ2v) is 2.84. The molecule has 0 aliphatic rings. The minimum atomic E-state index is -0.503. The number of esters is 1. The fourth-order valence-corrected chi connectivity index (χ4v) is 1.16. The number of rotatable bonds is 2. The Morgan fingerprint density at radius 2 is 2.40 bits per heavy atom. The fraction of sp³-hybridized carbons (Fsp3) is 0.182. The molecule has 1 aromatic rings. The lowest BCUT2D eigenvalue weighted by molar-refractivity contribution is 0.0593. The number of ether oxygens (including phenoxy) is 1. The number of carbonyl (C=O) groups is 1. The van der Waals surface area contributed by atoms with Crippen LogP contribution in [0.1, 0.15) is 21.6 Å². The predicted molar refractivity (Wildman–Crippen MR) is 55.0 cm³/mol. The van der Waals surface area contributed by atoms with Gasteiger partial charge in [-0.3, -0.25) is 0 Å². The molecule has 0 aliphatic carbocycles. The Labute approximate surface area is 87.8 Å². The van der Waals surface area contributed by atoms with Crippen molar-refractivity contribution in [1.29, 1.82) is 5.26 Å². The van der Waals surface area contributed by atoms with E-state index in [2.05, 4.69) is 9.72 Å². The van der Waals surface area contributed by atoms with Crippen LogP contribution in [0.4, 0.5) is 0 Å². The number of hydrogen-bond donors (Lipinski definition) is 0. The third kappa shape index (κ3) is 2.41. The molecule has 4 nitrogen and oxygen atoms in total. The van der Waals surface area contributed by atoms with Gasteiger partial charge in [-0.15, -0.1) is 0 Å². The highest BCUT2D eigenvalue weighted by atomic mass is 16.5. The molecule has 0 unspecified atom stereocenters. The highest BCUT2D eigenvalue weighted by Gasteiger charge is 2.12. The molecule has 0 bridgehead atoms. The summed E-state index contributed by atoms with van der Waals surface area (Å²) in [5, 5.41) is 8.43. The van der Waals surface area contributed by atoms with Gasteiger partial charge in [0.2, 0.25) is 0 Å². The normalized spacial score (nSPS) is 9.93. The summed E-state index contributed by atoms with van der Waals surface area (Å²) in [6.07, 6.45) is 4.39. The van der Waals surface area contributed by atoms with Crippen LogP contribution in [0.5, 0.6) is 0 Å². The van der Waals surface area contributed by atoms with Crippen molar-refractivity contribution in [3.05, 3.63) is 35.2 Å². The van der Waals surface area contributed by atoms with Gasteiger partial charge in [0.1, 0.15) is 0 Å². The van der Waals surface area contributed by atoms with E-state index in [0.717, 1.165) is 5.56 Å². The van der Waals surface area contributed by atoms with E-state index in [4.69, 9.17) is 5.26 Å². The number of methoxy groups -OCH3 is 1. The number of carbonyl (C=O) groups excluding carboxylic acids is 1. The Morgan fingerprint density at radius 1 is 1.67 bits per heavy atom. The largest absolute Gasteiger partial charge is 0.464 e. The molecular formula is C11H10N2O2. The molecule has 0 N–H and O–H groups in total. The zero-order chi connectivity index (χ0) is 11.3. The van der Waals surface area contributed by atoms with Crippen LogP contribution in [-0.4, -0.2) is 18.1 Å². The number of hydrogen-bond acceptors (Lipinski definition) is 4. The summed E-state index contributed by atoms with van der Waals surface area (Å²) in [6, 6.07) is 3.63. The van der Waals surface area contributed by atoms with Crippen LogP contribution in [0.25, 0.3) is 6.08 Å². The number of nitriles is 1. The maximum absolute atomic E-state index is 11.3. The first kappa shape index (κ1) is 10.9. The van der Waals surface area contributed by atoms with Crippen molar-refractivity contribution in [2.24, 2.45) is 0 Å². The lowest BCUT2D eigenvalue weighted by Gasteiger charge is -2.05. The van der Waals surface area contributed by atoms with E-state index in [1.54, 1.807) is 12.1 Å². The topological polar surface area (TPSA) is 63.0 Å². The second-order valence-electron chi connectivity index (χ2n) is 2.84. The first-order valence-corrected chi connectivity index (χ1v) is 4.30. The van der Waals surface area contributed by atoms with Crippen molar-refractivity contribution >= 4 is 12.0 Å². The van der Waals surface area contributed by atoms with E-state index in [1.807, 2.05) is 13.0 Å². The molecule has 0 saturated carbocycles. The standard InChI is InChI=1S/C11H10N2O2/c1-8-5-7-13-10(11(14)15-2)9(8)4-3-6-12/h3-5,7H,1-2H3/b4-3+. The van der Waals surface area contributed by atoms with E-state index in [-0.39, 0.29) is 5.69 Å². The number of pyridine rings is 1. The van der Waals surface area contributed by atoms with Gasteiger partial charge < -0.3 is 4.74 Å². The van der Waals surface area contributed by atoms with E-state index < -0.39 is 5.97 Å². The molecule has 4 heteroatoms. The number of aryl methyl sites for hydroxylation is 1. The Hall–Kier alpha value is -2.15. The lowest BCUT2D eigenvalue weighted by Crippen LogP contribution is -2.07. The first-order valence-electron chi connectivity index (χ1n) is 4.30. The van der Waals surface area contributed by atoms with E-state index in [1.165, 1.54) is 19.4 Å². The van der Waals surface area contributed by atoms with Crippen molar-refractivity contribution in [2.75, 3.05) is 7.11 Å². The number of allylic oxidation sites excluding steroid dienone is 1. The highest BCUT2D eigenvalue weighted by Crippen LogP contribution is 2.14. The molecule has 1 rings (SSSR count). The summed E-state index contributed by atoms with van der Waals surface area (Å²) < 4.78 is 4.59. The zero-order valence-corrected chi connectivity index (χ0v) is 8.52. The molecule has 0 radical (unpaired) electrons. The van der Waals surface area contributed by atoms with Gasteiger partial charge in [-0.05, 0) is 24.6 Å². The highest BCUT2D eigenvalue weighted by molar-refractivity contribution is 5.92. The molecule has 1 heterocycles. The van der Waals surface area contributed by atoms with Gasteiger partial charge in [-0.1, -0.05) is 0 Å². The van der Waals surface area contributed by atoms with Crippen molar-refractivity contribution in [3.8, 4) is 6.07 Å². The van der Waals surface area contributed by atoms with Crippen molar-refractivity contribution in [3.63, 3.8) is 0 Å². The molecule has 0 spiro atoms. The minimum Gasteiger partial charge on any atom is -0.464 e. The SMILES string of the molecule is COC(=O)c1nccc(C)c1/C=C/C#N. The van der Waals surface area contributed by atoms with E-state index in [9.17, 15) is 4.79 Å². The van der Waals surface area contributed by atoms with Crippen LogP contribution >= 0.6 is 0 Å². The molecule has 0 fully saturated rings. The zero-order valence-electron chi connectivity index (χ0n) is 8.52. The Bertz CT molecular complexity index is 444. The summed E-state index contributed by atoms with van der Waals surface area (Å²) in [4.78, 5) is 15.3. The summed E-state index contributed by atoms with van der Waals surface area (Å²) in [5.74, 6) is -0.503. The fourth-order valence-electron chi connectivity index (χ4n) is 1.16. The van der Waals surface area contributed by atoms with Crippen LogP contribution in [0.15, 0.2) is 18.3 Å². The third-order valence-corrected chi connectivity index (χ3v) is 1.91. The monoisotopic (exact) mass is 202 g/mol. The Balaban J connectivity index is 3.27. The van der Waals surface area contributed by atoms with Gasteiger partial charge in [-0.25, -0.2) is 9.78 Å². The second kappa shape index (κ2) is 4.91. The van der Waals surface area contributed by atoms with Crippen LogP contribution in [0, 0.1) is 18.3 Å². The molecule has 0 amide bonds. The van der Waals surface area contributed by atoms with Crippen molar-refractivity contribution < 1.29 is 9.53 Å². The Morgan fingerprint density at radius 3 is 3.00 bits per heavy atom. The minimum absolute atomic E-state index is 0.226. The van der Waals surface area contributed by atoms with E-state index >= 15 is 0 Å². The van der Waals surface area contributed by atoms with Crippen molar-refractivity contribution in [2.45, 2.75) is 6.92 Å². The molecular weight excluding hydrogens is 192 g/mol. The van der Waals surface area contributed by atoms with Gasteiger partial charge in [0.05, 0.1) is 13.2 Å². The first-order chi connectivity index (χ1) is 7.20. The van der Waals surface area contributed by atoms with Gasteiger partial charge in [0.25, 0.3) is 0 Å². The van der Waals surface area contributed by atoms with Crippen molar-refractivity contribution in [1.82, 2.24) is 4.98 Å². The quantitative estimate of drug-likeness (QED) is 0.541. The van der Waals surface area contributed by atoms with Crippen LogP contribution in [0.3, 0.4) is 0 Å². The van der Waals surface area contributed by atoms with Gasteiger partial charge in [-0.2, -0.15) is 5.26 Å². The van der Waals surface area contributed by atoms with Crippen LogP contribution in [-0.2, 0) is 4.74 Å². The van der Waals surface area contributed by atoms with Gasteiger partial charge in [0.15, 0.2) is 5.69 Å². The predicted octanol–water partition coefficient (Wildman–Crippen LogP) is 1.71. The summed E-state index contributed by atoms with van der Waals surface area (Å²) in [5.41, 5.74) is 1.71. The molecule has 1 aromatic heterocycles.